The van der Waals surface area contributed by atoms with Gasteiger partial charge in [0.05, 0.1) is 21.6 Å². The molecule has 0 saturated heterocycles. The number of halogens is 2. The summed E-state index contributed by atoms with van der Waals surface area (Å²) in [7, 11) is 0. The van der Waals surface area contributed by atoms with Crippen molar-refractivity contribution in [1.29, 1.82) is 0 Å². The molecule has 106 valence electrons. The molecular weight excluding hydrogens is 295 g/mol. The number of fused-ring (bicyclic) bond motifs is 1. The number of aryl methyl sites for hydroxylation is 1. The molecule has 0 spiro atoms. The van der Waals surface area contributed by atoms with Gasteiger partial charge in [-0.1, -0.05) is 11.6 Å². The van der Waals surface area contributed by atoms with E-state index in [0.717, 1.165) is 0 Å². The Bertz CT molecular complexity index is 921. The van der Waals surface area contributed by atoms with Crippen molar-refractivity contribution in [2.45, 2.75) is 6.92 Å². The van der Waals surface area contributed by atoms with E-state index < -0.39 is 5.82 Å². The highest BCUT2D eigenvalue weighted by atomic mass is 35.5. The number of hydrogen-bond acceptors (Lipinski definition) is 3. The Morgan fingerprint density at radius 3 is 2.71 bits per heavy atom. The summed E-state index contributed by atoms with van der Waals surface area (Å²) in [5, 5.41) is 9.72. The van der Waals surface area contributed by atoms with Gasteiger partial charge in [-0.25, -0.2) is 9.37 Å². The van der Waals surface area contributed by atoms with Crippen LogP contribution >= 0.6 is 11.6 Å². The summed E-state index contributed by atoms with van der Waals surface area (Å²) in [5.41, 5.74) is 0.553. The number of phenols is 1. The van der Waals surface area contributed by atoms with Crippen LogP contribution < -0.4 is 5.56 Å². The SMILES string of the molecule is Cc1nc2ccc(O)cc2c(=O)n1-c1ccc(F)c(Cl)c1. The van der Waals surface area contributed by atoms with Crippen LogP contribution in [0, 0.1) is 12.7 Å². The molecule has 4 nitrogen and oxygen atoms in total. The second kappa shape index (κ2) is 4.86. The molecule has 0 aliphatic carbocycles. The Kier molecular flexibility index (Phi) is 3.14. The Morgan fingerprint density at radius 1 is 1.24 bits per heavy atom. The second-order valence-corrected chi connectivity index (χ2v) is 5.01. The van der Waals surface area contributed by atoms with E-state index in [4.69, 9.17) is 11.6 Å². The van der Waals surface area contributed by atoms with Crippen LogP contribution in [-0.4, -0.2) is 14.7 Å². The van der Waals surface area contributed by atoms with Crippen molar-refractivity contribution in [1.82, 2.24) is 9.55 Å². The average Bonchev–Trinajstić information content (AvgIpc) is 2.44. The second-order valence-electron chi connectivity index (χ2n) is 4.60. The van der Waals surface area contributed by atoms with Crippen molar-refractivity contribution in [2.24, 2.45) is 0 Å². The van der Waals surface area contributed by atoms with E-state index in [2.05, 4.69) is 4.98 Å². The fraction of sp³-hybridized carbons (Fsp3) is 0.0667. The van der Waals surface area contributed by atoms with Crippen molar-refractivity contribution in [3.8, 4) is 11.4 Å². The number of hydrogen-bond donors (Lipinski definition) is 1. The third-order valence-corrected chi connectivity index (χ3v) is 3.47. The Balaban J connectivity index is 2.36. The van der Waals surface area contributed by atoms with Crippen LogP contribution in [0.15, 0.2) is 41.2 Å². The Hall–Kier alpha value is -2.40. The molecule has 21 heavy (non-hydrogen) atoms. The summed E-state index contributed by atoms with van der Waals surface area (Å²) in [4.78, 5) is 16.9. The van der Waals surface area contributed by atoms with Crippen LogP contribution in [-0.2, 0) is 0 Å². The maximum atomic E-state index is 13.3. The lowest BCUT2D eigenvalue weighted by Crippen LogP contribution is -2.22. The number of nitrogens with zero attached hydrogens (tertiary/aromatic N) is 2. The quantitative estimate of drug-likeness (QED) is 0.751. The molecule has 0 bridgehead atoms. The first-order chi connectivity index (χ1) is 9.97. The van der Waals surface area contributed by atoms with Crippen molar-refractivity contribution in [3.05, 3.63) is 63.4 Å². The predicted octanol–water partition coefficient (Wildman–Crippen LogP) is 3.19. The average molecular weight is 305 g/mol. The molecule has 1 aromatic heterocycles. The number of phenolic OH excluding ortho intramolecular Hbond substituents is 1. The summed E-state index contributed by atoms with van der Waals surface area (Å²) >= 11 is 5.76. The summed E-state index contributed by atoms with van der Waals surface area (Å²) in [6.45, 7) is 1.67. The van der Waals surface area contributed by atoms with Crippen LogP contribution in [0.25, 0.3) is 16.6 Å². The molecule has 6 heteroatoms. The minimum atomic E-state index is -0.558. The molecule has 0 atom stereocenters. The lowest BCUT2D eigenvalue weighted by Gasteiger charge is -2.11. The lowest BCUT2D eigenvalue weighted by atomic mass is 10.2. The van der Waals surface area contributed by atoms with Gasteiger partial charge in [0.15, 0.2) is 0 Å². The normalized spacial score (nSPS) is 11.0. The zero-order valence-corrected chi connectivity index (χ0v) is 11.7. The van der Waals surface area contributed by atoms with E-state index >= 15 is 0 Å². The molecule has 1 N–H and O–H groups in total. The minimum Gasteiger partial charge on any atom is -0.508 e. The fourth-order valence-corrected chi connectivity index (χ4v) is 2.39. The maximum Gasteiger partial charge on any atom is 0.266 e. The molecule has 0 aliphatic heterocycles. The molecule has 0 amide bonds. The summed E-state index contributed by atoms with van der Waals surface area (Å²) in [6.07, 6.45) is 0. The predicted molar refractivity (Wildman–Crippen MR) is 78.7 cm³/mol. The number of aromatic hydroxyl groups is 1. The zero-order chi connectivity index (χ0) is 15.1. The van der Waals surface area contributed by atoms with Gasteiger partial charge in [0.2, 0.25) is 0 Å². The monoisotopic (exact) mass is 304 g/mol. The van der Waals surface area contributed by atoms with Crippen LogP contribution in [0.3, 0.4) is 0 Å². The standard InChI is InChI=1S/C15H10ClFN2O2/c1-8-18-14-5-3-10(20)7-11(14)15(21)19(8)9-2-4-13(17)12(16)6-9/h2-7,20H,1H3. The van der Waals surface area contributed by atoms with Crippen molar-refractivity contribution in [3.63, 3.8) is 0 Å². The largest absolute Gasteiger partial charge is 0.508 e. The van der Waals surface area contributed by atoms with E-state index in [0.29, 0.717) is 17.0 Å². The minimum absolute atomic E-state index is 0.0195. The number of benzene rings is 2. The molecule has 0 fully saturated rings. The van der Waals surface area contributed by atoms with Gasteiger partial charge < -0.3 is 5.11 Å². The highest BCUT2D eigenvalue weighted by Crippen LogP contribution is 2.21. The van der Waals surface area contributed by atoms with Crippen molar-refractivity contribution >= 4 is 22.5 Å². The molecule has 0 unspecified atom stereocenters. The molecule has 3 rings (SSSR count). The van der Waals surface area contributed by atoms with E-state index in [1.165, 1.54) is 34.9 Å². The first-order valence-corrected chi connectivity index (χ1v) is 6.53. The number of aromatic nitrogens is 2. The van der Waals surface area contributed by atoms with Gasteiger partial charge in [0.25, 0.3) is 5.56 Å². The van der Waals surface area contributed by atoms with E-state index in [9.17, 15) is 14.3 Å². The van der Waals surface area contributed by atoms with E-state index in [1.54, 1.807) is 13.0 Å². The highest BCUT2D eigenvalue weighted by Gasteiger charge is 2.12. The maximum absolute atomic E-state index is 13.3. The zero-order valence-electron chi connectivity index (χ0n) is 11.0. The summed E-state index contributed by atoms with van der Waals surface area (Å²) in [6, 6.07) is 8.39. The number of rotatable bonds is 1. The van der Waals surface area contributed by atoms with Gasteiger partial charge in [-0.3, -0.25) is 9.36 Å². The third kappa shape index (κ3) is 2.25. The molecule has 1 heterocycles. The Labute approximate surface area is 124 Å². The fourth-order valence-electron chi connectivity index (χ4n) is 2.21. The topological polar surface area (TPSA) is 55.1 Å². The molecule has 0 radical (unpaired) electrons. The first-order valence-electron chi connectivity index (χ1n) is 6.15. The molecule has 2 aromatic carbocycles. The molecule has 0 saturated carbocycles. The van der Waals surface area contributed by atoms with Crippen molar-refractivity contribution in [2.75, 3.05) is 0 Å². The van der Waals surface area contributed by atoms with Gasteiger partial charge in [-0.2, -0.15) is 0 Å². The summed E-state index contributed by atoms with van der Waals surface area (Å²) in [5.74, 6) is -0.132. The smallest absolute Gasteiger partial charge is 0.266 e. The summed E-state index contributed by atoms with van der Waals surface area (Å²) < 4.78 is 14.6. The molecule has 0 aliphatic rings. The van der Waals surface area contributed by atoms with Gasteiger partial charge in [0, 0.05) is 0 Å². The molecule has 3 aromatic rings. The van der Waals surface area contributed by atoms with Crippen LogP contribution in [0.1, 0.15) is 5.82 Å². The van der Waals surface area contributed by atoms with E-state index in [-0.39, 0.29) is 21.7 Å². The van der Waals surface area contributed by atoms with E-state index in [1.807, 2.05) is 0 Å². The van der Waals surface area contributed by atoms with Crippen LogP contribution in [0.2, 0.25) is 5.02 Å². The van der Waals surface area contributed by atoms with Gasteiger partial charge >= 0.3 is 0 Å². The molecular formula is C15H10ClFN2O2. The lowest BCUT2D eigenvalue weighted by molar-refractivity contribution is 0.476. The first kappa shape index (κ1) is 13.6. The van der Waals surface area contributed by atoms with Crippen LogP contribution in [0.5, 0.6) is 5.75 Å². The Morgan fingerprint density at radius 2 is 2.00 bits per heavy atom. The van der Waals surface area contributed by atoms with Gasteiger partial charge in [-0.05, 0) is 43.3 Å². The highest BCUT2D eigenvalue weighted by molar-refractivity contribution is 6.30. The van der Waals surface area contributed by atoms with Crippen LogP contribution in [0.4, 0.5) is 4.39 Å². The van der Waals surface area contributed by atoms with Gasteiger partial charge in [-0.15, -0.1) is 0 Å². The van der Waals surface area contributed by atoms with Crippen molar-refractivity contribution < 1.29 is 9.50 Å². The third-order valence-electron chi connectivity index (χ3n) is 3.18. The van der Waals surface area contributed by atoms with Gasteiger partial charge in [0.1, 0.15) is 17.4 Å².